The van der Waals surface area contributed by atoms with E-state index in [0.29, 0.717) is 13.0 Å². The fourth-order valence-electron chi connectivity index (χ4n) is 2.00. The first-order valence-corrected chi connectivity index (χ1v) is 7.08. The number of carbonyl (C=O) groups excluding carboxylic acids is 1. The second kappa shape index (κ2) is 7.11. The van der Waals surface area contributed by atoms with Gasteiger partial charge in [0.05, 0.1) is 0 Å². The standard InChI is InChI=1S/C17H18ClNO/c1-13-4-2-3-5-15(13)12-19-17(20)11-8-14-6-9-16(18)10-7-14/h2-7,9-10H,8,11-12H2,1H3,(H,19,20). The maximum Gasteiger partial charge on any atom is 0.220 e. The summed E-state index contributed by atoms with van der Waals surface area (Å²) < 4.78 is 0. The largest absolute Gasteiger partial charge is 0.352 e. The molecule has 2 rings (SSSR count). The first kappa shape index (κ1) is 14.6. The SMILES string of the molecule is Cc1ccccc1CNC(=O)CCc1ccc(Cl)cc1. The Balaban J connectivity index is 1.78. The zero-order chi connectivity index (χ0) is 14.4. The Kier molecular flexibility index (Phi) is 5.19. The van der Waals surface area contributed by atoms with Gasteiger partial charge in [0.1, 0.15) is 0 Å². The van der Waals surface area contributed by atoms with E-state index >= 15 is 0 Å². The second-order valence-electron chi connectivity index (χ2n) is 4.83. The lowest BCUT2D eigenvalue weighted by Gasteiger charge is -2.08. The Hall–Kier alpha value is -1.80. The van der Waals surface area contributed by atoms with Crippen molar-refractivity contribution in [3.8, 4) is 0 Å². The molecule has 0 aliphatic carbocycles. The van der Waals surface area contributed by atoms with Gasteiger partial charge in [-0.15, -0.1) is 0 Å². The maximum absolute atomic E-state index is 11.8. The lowest BCUT2D eigenvalue weighted by Crippen LogP contribution is -2.23. The molecule has 0 bridgehead atoms. The predicted octanol–water partition coefficient (Wildman–Crippen LogP) is 3.90. The summed E-state index contributed by atoms with van der Waals surface area (Å²) in [5.41, 5.74) is 3.48. The number of carbonyl (C=O) groups is 1. The van der Waals surface area contributed by atoms with Crippen molar-refractivity contribution < 1.29 is 4.79 Å². The van der Waals surface area contributed by atoms with Crippen LogP contribution in [0.4, 0.5) is 0 Å². The van der Waals surface area contributed by atoms with E-state index in [-0.39, 0.29) is 5.91 Å². The molecule has 2 aromatic rings. The first-order valence-electron chi connectivity index (χ1n) is 6.71. The molecule has 0 unspecified atom stereocenters. The van der Waals surface area contributed by atoms with Gasteiger partial charge < -0.3 is 5.32 Å². The molecule has 0 heterocycles. The van der Waals surface area contributed by atoms with Crippen molar-refractivity contribution in [1.29, 1.82) is 0 Å². The molecule has 0 fully saturated rings. The minimum absolute atomic E-state index is 0.0724. The third-order valence-corrected chi connectivity index (χ3v) is 3.54. The molecule has 0 aromatic heterocycles. The number of aryl methyl sites for hydroxylation is 2. The summed E-state index contributed by atoms with van der Waals surface area (Å²) in [6, 6.07) is 15.7. The van der Waals surface area contributed by atoms with Gasteiger partial charge in [-0.2, -0.15) is 0 Å². The number of nitrogens with one attached hydrogen (secondary N) is 1. The van der Waals surface area contributed by atoms with E-state index < -0.39 is 0 Å². The zero-order valence-corrected chi connectivity index (χ0v) is 12.3. The summed E-state index contributed by atoms with van der Waals surface area (Å²) in [4.78, 5) is 11.8. The van der Waals surface area contributed by atoms with Crippen molar-refractivity contribution in [3.63, 3.8) is 0 Å². The number of halogens is 1. The maximum atomic E-state index is 11.8. The summed E-state index contributed by atoms with van der Waals surface area (Å²) in [6.07, 6.45) is 1.23. The van der Waals surface area contributed by atoms with E-state index in [2.05, 4.69) is 18.3 Å². The van der Waals surface area contributed by atoms with Crippen LogP contribution in [0.3, 0.4) is 0 Å². The van der Waals surface area contributed by atoms with Crippen LogP contribution in [0, 0.1) is 6.92 Å². The fourth-order valence-corrected chi connectivity index (χ4v) is 2.13. The smallest absolute Gasteiger partial charge is 0.220 e. The molecule has 1 amide bonds. The van der Waals surface area contributed by atoms with Crippen LogP contribution in [0.5, 0.6) is 0 Å². The van der Waals surface area contributed by atoms with Crippen molar-refractivity contribution in [3.05, 3.63) is 70.2 Å². The highest BCUT2D eigenvalue weighted by Gasteiger charge is 2.03. The molecule has 0 aliphatic heterocycles. The van der Waals surface area contributed by atoms with E-state index in [1.54, 1.807) is 0 Å². The van der Waals surface area contributed by atoms with E-state index in [1.807, 2.05) is 42.5 Å². The van der Waals surface area contributed by atoms with Gasteiger partial charge >= 0.3 is 0 Å². The zero-order valence-electron chi connectivity index (χ0n) is 11.5. The number of hydrogen-bond donors (Lipinski definition) is 1. The molecule has 20 heavy (non-hydrogen) atoms. The molecule has 0 radical (unpaired) electrons. The topological polar surface area (TPSA) is 29.1 Å². The van der Waals surface area contributed by atoms with Crippen LogP contribution in [0.2, 0.25) is 5.02 Å². The summed E-state index contributed by atoms with van der Waals surface area (Å²) in [6.45, 7) is 2.64. The minimum Gasteiger partial charge on any atom is -0.352 e. The first-order chi connectivity index (χ1) is 9.65. The minimum atomic E-state index is 0.0724. The molecule has 2 nitrogen and oxygen atoms in total. The Morgan fingerprint density at radius 3 is 2.50 bits per heavy atom. The van der Waals surface area contributed by atoms with Gasteiger partial charge in [0.25, 0.3) is 0 Å². The average molecular weight is 288 g/mol. The van der Waals surface area contributed by atoms with Crippen LogP contribution in [0.25, 0.3) is 0 Å². The van der Waals surface area contributed by atoms with E-state index in [0.717, 1.165) is 22.6 Å². The molecule has 0 aliphatic rings. The Labute approximate surface area is 124 Å². The van der Waals surface area contributed by atoms with Gasteiger partial charge in [-0.05, 0) is 42.2 Å². The van der Waals surface area contributed by atoms with Crippen molar-refractivity contribution in [1.82, 2.24) is 5.32 Å². The van der Waals surface area contributed by atoms with Gasteiger partial charge in [0.2, 0.25) is 5.91 Å². The van der Waals surface area contributed by atoms with E-state index in [1.165, 1.54) is 5.56 Å². The van der Waals surface area contributed by atoms with Crippen molar-refractivity contribution >= 4 is 17.5 Å². The van der Waals surface area contributed by atoms with Crippen LogP contribution < -0.4 is 5.32 Å². The van der Waals surface area contributed by atoms with Crippen LogP contribution in [0.15, 0.2) is 48.5 Å². The number of rotatable bonds is 5. The molecule has 0 saturated heterocycles. The highest BCUT2D eigenvalue weighted by atomic mass is 35.5. The molecule has 0 atom stereocenters. The highest BCUT2D eigenvalue weighted by molar-refractivity contribution is 6.30. The molecular formula is C17H18ClNO. The number of hydrogen-bond acceptors (Lipinski definition) is 1. The average Bonchev–Trinajstić information content (AvgIpc) is 2.46. The lowest BCUT2D eigenvalue weighted by molar-refractivity contribution is -0.121. The molecule has 1 N–H and O–H groups in total. The molecule has 0 saturated carbocycles. The van der Waals surface area contributed by atoms with E-state index in [4.69, 9.17) is 11.6 Å². The quantitative estimate of drug-likeness (QED) is 0.888. The summed E-state index contributed by atoms with van der Waals surface area (Å²) in [7, 11) is 0. The van der Waals surface area contributed by atoms with Crippen LogP contribution in [0.1, 0.15) is 23.1 Å². The molecule has 3 heteroatoms. The van der Waals surface area contributed by atoms with Crippen molar-refractivity contribution in [2.45, 2.75) is 26.3 Å². The number of benzene rings is 2. The van der Waals surface area contributed by atoms with Gasteiger partial charge in [-0.25, -0.2) is 0 Å². The third-order valence-electron chi connectivity index (χ3n) is 3.29. The van der Waals surface area contributed by atoms with Gasteiger partial charge in [0.15, 0.2) is 0 Å². The normalized spacial score (nSPS) is 10.3. The van der Waals surface area contributed by atoms with Crippen LogP contribution in [-0.4, -0.2) is 5.91 Å². The van der Waals surface area contributed by atoms with E-state index in [9.17, 15) is 4.79 Å². The summed E-state index contributed by atoms with van der Waals surface area (Å²) in [5.74, 6) is 0.0724. The third kappa shape index (κ3) is 4.39. The Bertz CT molecular complexity index is 578. The molecular weight excluding hydrogens is 270 g/mol. The van der Waals surface area contributed by atoms with Crippen molar-refractivity contribution in [2.24, 2.45) is 0 Å². The van der Waals surface area contributed by atoms with Crippen LogP contribution in [-0.2, 0) is 17.8 Å². The monoisotopic (exact) mass is 287 g/mol. The summed E-state index contributed by atoms with van der Waals surface area (Å²) >= 11 is 5.83. The summed E-state index contributed by atoms with van der Waals surface area (Å²) in [5, 5.41) is 3.68. The van der Waals surface area contributed by atoms with Gasteiger partial charge in [-0.3, -0.25) is 4.79 Å². The fraction of sp³-hybridized carbons (Fsp3) is 0.235. The second-order valence-corrected chi connectivity index (χ2v) is 5.27. The Morgan fingerprint density at radius 2 is 1.80 bits per heavy atom. The van der Waals surface area contributed by atoms with Gasteiger partial charge in [0, 0.05) is 18.0 Å². The van der Waals surface area contributed by atoms with Gasteiger partial charge in [-0.1, -0.05) is 48.0 Å². The highest BCUT2D eigenvalue weighted by Crippen LogP contribution is 2.11. The lowest BCUT2D eigenvalue weighted by atomic mass is 10.1. The predicted molar refractivity (Wildman–Crippen MR) is 82.8 cm³/mol. The molecule has 104 valence electrons. The van der Waals surface area contributed by atoms with Crippen LogP contribution >= 0.6 is 11.6 Å². The van der Waals surface area contributed by atoms with Crippen molar-refractivity contribution in [2.75, 3.05) is 0 Å². The Morgan fingerprint density at radius 1 is 1.10 bits per heavy atom. The molecule has 0 spiro atoms. The molecule has 2 aromatic carbocycles. The number of amides is 1.